The summed E-state index contributed by atoms with van der Waals surface area (Å²) in [6, 6.07) is 5.44. The summed E-state index contributed by atoms with van der Waals surface area (Å²) in [5, 5.41) is 0.445. The predicted octanol–water partition coefficient (Wildman–Crippen LogP) is 12.2. The number of hydrogen-bond acceptors (Lipinski definition) is 5. The minimum Gasteiger partial charge on any atom is -0.493 e. The number of unbranched alkanes of at least 4 members (excludes halogenated alkanes) is 13. The van der Waals surface area contributed by atoms with E-state index in [1.54, 1.807) is 0 Å². The lowest BCUT2D eigenvalue weighted by Crippen LogP contribution is -2.12. The van der Waals surface area contributed by atoms with Crippen molar-refractivity contribution in [2.24, 2.45) is 0 Å². The summed E-state index contributed by atoms with van der Waals surface area (Å²) < 4.78 is 105. The van der Waals surface area contributed by atoms with E-state index in [9.17, 15) is 31.1 Å². The third kappa shape index (κ3) is 11.5. The monoisotopic (exact) mass is 698 g/mol. The van der Waals surface area contributed by atoms with E-state index in [-0.39, 0.29) is 46.4 Å². The van der Waals surface area contributed by atoms with Gasteiger partial charge in [-0.15, -0.1) is 0 Å². The summed E-state index contributed by atoms with van der Waals surface area (Å²) in [7, 11) is 3.81. The molecule has 49 heavy (non-hydrogen) atoms. The number of benzene rings is 3. The fraction of sp³-hybridized carbons (Fsp3) is 0.553. The average molecular weight is 699 g/mol. The maximum absolute atomic E-state index is 13.8. The van der Waals surface area contributed by atoms with Crippen LogP contribution in [0.1, 0.15) is 118 Å². The van der Waals surface area contributed by atoms with Crippen LogP contribution in [0, 0.1) is 0 Å². The summed E-state index contributed by atoms with van der Waals surface area (Å²) in [4.78, 5) is 13.1. The van der Waals surface area contributed by atoms with Gasteiger partial charge in [-0.3, -0.25) is 0 Å². The highest BCUT2D eigenvalue weighted by Gasteiger charge is 2.38. The van der Waals surface area contributed by atoms with Crippen molar-refractivity contribution in [3.63, 3.8) is 0 Å². The third-order valence-electron chi connectivity index (χ3n) is 8.64. The third-order valence-corrected chi connectivity index (χ3v) is 8.64. The first kappa shape index (κ1) is 39.8. The van der Waals surface area contributed by atoms with Gasteiger partial charge in [0.25, 0.3) is 0 Å². The van der Waals surface area contributed by atoms with Crippen molar-refractivity contribution < 1.29 is 50.1 Å². The molecule has 3 aromatic carbocycles. The molecule has 0 unspecified atom stereocenters. The molecule has 0 amide bonds. The standard InChI is InChI=1S/C38H48F6O5/c1-5-6-7-8-9-10-11-12-13-14-15-16-17-18-19-49-32-25-31(36(45)48-4)35(30-24-34(47-3)33(46-2)23-29(30)32)26-20-27(37(39,40)41)22-28(21-26)38(42,43)44/h20-25H,5-19H2,1-4H3. The van der Waals surface area contributed by atoms with E-state index in [0.717, 1.165) is 26.4 Å². The van der Waals surface area contributed by atoms with Crippen LogP contribution in [-0.2, 0) is 17.1 Å². The Morgan fingerprint density at radius 1 is 0.571 bits per heavy atom. The van der Waals surface area contributed by atoms with Crippen molar-refractivity contribution in [1.82, 2.24) is 0 Å². The minimum absolute atomic E-state index is 0.0427. The summed E-state index contributed by atoms with van der Waals surface area (Å²) >= 11 is 0. The van der Waals surface area contributed by atoms with Crippen LogP contribution >= 0.6 is 0 Å². The second-order valence-electron chi connectivity index (χ2n) is 12.3. The SMILES string of the molecule is CCCCCCCCCCCCCCCCOc1cc(C(=O)OC)c(-c2cc(C(F)(F)F)cc(C(F)(F)F)c2)c2cc(OC)c(OC)cc12. The summed E-state index contributed by atoms with van der Waals surface area (Å²) in [5.41, 5.74) is -3.95. The highest BCUT2D eigenvalue weighted by Crippen LogP contribution is 2.46. The van der Waals surface area contributed by atoms with Crippen LogP contribution in [0.4, 0.5) is 26.3 Å². The molecule has 0 bridgehead atoms. The lowest BCUT2D eigenvalue weighted by atomic mass is 9.90. The molecular formula is C38H48F6O5. The molecule has 0 aliphatic carbocycles. The summed E-state index contributed by atoms with van der Waals surface area (Å²) in [6.45, 7) is 2.51. The van der Waals surface area contributed by atoms with E-state index in [1.807, 2.05) is 0 Å². The second-order valence-corrected chi connectivity index (χ2v) is 12.3. The van der Waals surface area contributed by atoms with E-state index in [4.69, 9.17) is 18.9 Å². The maximum atomic E-state index is 13.8. The fourth-order valence-electron chi connectivity index (χ4n) is 6.00. The number of fused-ring (bicyclic) bond motifs is 1. The fourth-order valence-corrected chi connectivity index (χ4v) is 6.00. The number of rotatable bonds is 20. The van der Waals surface area contributed by atoms with Gasteiger partial charge in [0.15, 0.2) is 11.5 Å². The number of methoxy groups -OCH3 is 3. The van der Waals surface area contributed by atoms with Gasteiger partial charge in [-0.25, -0.2) is 4.79 Å². The Kier molecular flexibility index (Phi) is 15.4. The molecule has 0 heterocycles. The molecule has 11 heteroatoms. The lowest BCUT2D eigenvalue weighted by Gasteiger charge is -2.20. The zero-order valence-electron chi connectivity index (χ0n) is 28.9. The smallest absolute Gasteiger partial charge is 0.416 e. The average Bonchev–Trinajstić information content (AvgIpc) is 3.07. The first-order valence-electron chi connectivity index (χ1n) is 17.1. The molecule has 0 spiro atoms. The molecule has 0 aliphatic rings. The molecule has 3 rings (SSSR count). The molecule has 0 saturated carbocycles. The van der Waals surface area contributed by atoms with Gasteiger partial charge in [0, 0.05) is 10.9 Å². The van der Waals surface area contributed by atoms with Gasteiger partial charge in [-0.05, 0) is 53.8 Å². The topological polar surface area (TPSA) is 54.0 Å². The highest BCUT2D eigenvalue weighted by atomic mass is 19.4. The number of carbonyl (C=O) groups is 1. The van der Waals surface area contributed by atoms with Crippen LogP contribution in [0.2, 0.25) is 0 Å². The van der Waals surface area contributed by atoms with Gasteiger partial charge in [0.1, 0.15) is 5.75 Å². The van der Waals surface area contributed by atoms with Crippen molar-refractivity contribution in [1.29, 1.82) is 0 Å². The van der Waals surface area contributed by atoms with Crippen LogP contribution in [0.15, 0.2) is 36.4 Å². The van der Waals surface area contributed by atoms with Crippen LogP contribution in [0.3, 0.4) is 0 Å². The van der Waals surface area contributed by atoms with Crippen molar-refractivity contribution in [2.45, 2.75) is 109 Å². The van der Waals surface area contributed by atoms with Gasteiger partial charge in [-0.1, -0.05) is 90.4 Å². The molecule has 0 fully saturated rings. The van der Waals surface area contributed by atoms with Crippen LogP contribution in [0.5, 0.6) is 17.2 Å². The van der Waals surface area contributed by atoms with Gasteiger partial charge >= 0.3 is 18.3 Å². The Labute approximate surface area is 285 Å². The minimum atomic E-state index is -5.09. The molecule has 0 aromatic heterocycles. The molecule has 0 saturated heterocycles. The van der Waals surface area contributed by atoms with Crippen LogP contribution in [-0.4, -0.2) is 33.9 Å². The Balaban J connectivity index is 1.84. The van der Waals surface area contributed by atoms with Gasteiger partial charge in [-0.2, -0.15) is 26.3 Å². The normalized spacial score (nSPS) is 12.0. The first-order valence-corrected chi connectivity index (χ1v) is 17.1. The molecular weight excluding hydrogens is 650 g/mol. The summed E-state index contributed by atoms with van der Waals surface area (Å²) in [5.74, 6) is -0.343. The lowest BCUT2D eigenvalue weighted by molar-refractivity contribution is -0.143. The highest BCUT2D eigenvalue weighted by molar-refractivity contribution is 6.11. The van der Waals surface area contributed by atoms with Crippen molar-refractivity contribution in [3.05, 3.63) is 53.1 Å². The maximum Gasteiger partial charge on any atom is 0.416 e. The van der Waals surface area contributed by atoms with Crippen LogP contribution in [0.25, 0.3) is 21.9 Å². The van der Waals surface area contributed by atoms with Crippen molar-refractivity contribution in [2.75, 3.05) is 27.9 Å². The Morgan fingerprint density at radius 2 is 1.02 bits per heavy atom. The number of ether oxygens (including phenoxy) is 4. The zero-order valence-corrected chi connectivity index (χ0v) is 28.9. The van der Waals surface area contributed by atoms with E-state index < -0.39 is 35.0 Å². The van der Waals surface area contributed by atoms with Crippen LogP contribution < -0.4 is 14.2 Å². The molecule has 3 aromatic rings. The first-order chi connectivity index (χ1) is 23.3. The number of carbonyl (C=O) groups excluding carboxylic acids is 1. The summed E-state index contributed by atoms with van der Waals surface area (Å²) in [6.07, 6.45) is 6.45. The molecule has 0 N–H and O–H groups in total. The van der Waals surface area contributed by atoms with E-state index in [2.05, 4.69) is 6.92 Å². The Morgan fingerprint density at radius 3 is 1.45 bits per heavy atom. The number of alkyl halides is 6. The Hall–Kier alpha value is -3.63. The molecule has 272 valence electrons. The number of halogens is 6. The molecule has 0 aliphatic heterocycles. The number of esters is 1. The predicted molar refractivity (Wildman–Crippen MR) is 180 cm³/mol. The molecule has 0 atom stereocenters. The second kappa shape index (κ2) is 18.9. The Bertz CT molecular complexity index is 1470. The van der Waals surface area contributed by atoms with Gasteiger partial charge in [0.05, 0.1) is 44.6 Å². The molecule has 0 radical (unpaired) electrons. The number of hydrogen-bond donors (Lipinski definition) is 0. The van der Waals surface area contributed by atoms with E-state index in [0.29, 0.717) is 23.9 Å². The van der Waals surface area contributed by atoms with Gasteiger partial charge in [0.2, 0.25) is 0 Å². The van der Waals surface area contributed by atoms with Crippen molar-refractivity contribution >= 4 is 16.7 Å². The van der Waals surface area contributed by atoms with Crippen molar-refractivity contribution in [3.8, 4) is 28.4 Å². The zero-order chi connectivity index (χ0) is 36.0. The van der Waals surface area contributed by atoms with Gasteiger partial charge < -0.3 is 18.9 Å². The van der Waals surface area contributed by atoms with E-state index >= 15 is 0 Å². The quantitative estimate of drug-likeness (QED) is 0.0668. The largest absolute Gasteiger partial charge is 0.493 e. The molecule has 5 nitrogen and oxygen atoms in total. The van der Waals surface area contributed by atoms with E-state index in [1.165, 1.54) is 96.6 Å².